The molecule has 0 unspecified atom stereocenters. The normalized spacial score (nSPS) is 24.2. The van der Waals surface area contributed by atoms with Crippen molar-refractivity contribution in [2.45, 2.75) is 44.6 Å². The summed E-state index contributed by atoms with van der Waals surface area (Å²) >= 11 is 0. The van der Waals surface area contributed by atoms with E-state index < -0.39 is 12.2 Å². The Morgan fingerprint density at radius 3 is 1.88 bits per heavy atom. The van der Waals surface area contributed by atoms with Crippen LogP contribution in [-0.2, 0) is 13.1 Å². The largest absolute Gasteiger partial charge is 0.390 e. The summed E-state index contributed by atoms with van der Waals surface area (Å²) in [4.78, 5) is 2.39. The molecule has 2 N–H and O–H groups in total. The van der Waals surface area contributed by atoms with Gasteiger partial charge in [-0.3, -0.25) is 4.90 Å². The van der Waals surface area contributed by atoms with Crippen LogP contribution in [0.15, 0.2) is 60.7 Å². The number of rotatable bonds is 6. The third-order valence-corrected chi connectivity index (χ3v) is 4.94. The summed E-state index contributed by atoms with van der Waals surface area (Å²) in [6.45, 7) is 2.52. The Morgan fingerprint density at radius 2 is 1.33 bits per heavy atom. The highest BCUT2D eigenvalue weighted by molar-refractivity contribution is 5.17. The lowest BCUT2D eigenvalue weighted by Gasteiger charge is -2.35. The Balaban J connectivity index is 1.71. The van der Waals surface area contributed by atoms with Crippen LogP contribution in [0.4, 0.5) is 0 Å². The second kappa shape index (κ2) is 8.43. The van der Waals surface area contributed by atoms with E-state index in [-0.39, 0.29) is 5.92 Å². The van der Waals surface area contributed by atoms with Crippen LogP contribution >= 0.6 is 0 Å². The molecule has 0 heterocycles. The molecule has 128 valence electrons. The fourth-order valence-corrected chi connectivity index (χ4v) is 3.64. The van der Waals surface area contributed by atoms with E-state index >= 15 is 0 Å². The molecule has 24 heavy (non-hydrogen) atoms. The zero-order valence-electron chi connectivity index (χ0n) is 14.1. The molecule has 2 aromatic rings. The van der Waals surface area contributed by atoms with Gasteiger partial charge in [0.1, 0.15) is 0 Å². The van der Waals surface area contributed by atoms with E-state index in [2.05, 4.69) is 53.4 Å². The smallest absolute Gasteiger partial charge is 0.0839 e. The van der Waals surface area contributed by atoms with Crippen molar-refractivity contribution < 1.29 is 10.2 Å². The molecule has 1 fully saturated rings. The molecule has 0 radical (unpaired) electrons. The summed E-state index contributed by atoms with van der Waals surface area (Å²) in [5.74, 6) is 0.140. The van der Waals surface area contributed by atoms with Crippen LogP contribution in [0.5, 0.6) is 0 Å². The first kappa shape index (κ1) is 17.2. The van der Waals surface area contributed by atoms with Gasteiger partial charge in [0.2, 0.25) is 0 Å². The van der Waals surface area contributed by atoms with Gasteiger partial charge in [-0.05, 0) is 24.0 Å². The highest BCUT2D eigenvalue weighted by Crippen LogP contribution is 2.26. The van der Waals surface area contributed by atoms with E-state index in [4.69, 9.17) is 0 Å². The second-order valence-electron chi connectivity index (χ2n) is 6.89. The van der Waals surface area contributed by atoms with E-state index in [9.17, 15) is 10.2 Å². The SMILES string of the molecule is O[C@H]1[C@H](CN(Cc2ccccc2)Cc2ccccc2)CCC[C@H]1O. The molecule has 0 aromatic heterocycles. The molecule has 1 aliphatic rings. The van der Waals surface area contributed by atoms with Gasteiger partial charge < -0.3 is 10.2 Å². The standard InChI is InChI=1S/C21H27NO2/c23-20-13-7-12-19(21(20)24)16-22(14-17-8-3-1-4-9-17)15-18-10-5-2-6-11-18/h1-6,8-11,19-21,23-24H,7,12-16H2/t19-,20+,21-/m0/s1. The van der Waals surface area contributed by atoms with E-state index in [1.54, 1.807) is 0 Å². The zero-order valence-corrected chi connectivity index (χ0v) is 14.1. The van der Waals surface area contributed by atoms with Crippen molar-refractivity contribution in [1.29, 1.82) is 0 Å². The highest BCUT2D eigenvalue weighted by Gasteiger charge is 2.31. The summed E-state index contributed by atoms with van der Waals surface area (Å²) < 4.78 is 0. The molecule has 1 saturated carbocycles. The molecule has 0 spiro atoms. The molecule has 0 aliphatic heterocycles. The van der Waals surface area contributed by atoms with Gasteiger partial charge in [-0.25, -0.2) is 0 Å². The van der Waals surface area contributed by atoms with Crippen molar-refractivity contribution in [3.63, 3.8) is 0 Å². The molecule has 3 heteroatoms. The third kappa shape index (κ3) is 4.67. The van der Waals surface area contributed by atoms with E-state index in [0.717, 1.165) is 38.9 Å². The van der Waals surface area contributed by atoms with Crippen LogP contribution in [-0.4, -0.2) is 33.9 Å². The van der Waals surface area contributed by atoms with E-state index in [0.29, 0.717) is 0 Å². The van der Waals surface area contributed by atoms with E-state index in [1.165, 1.54) is 11.1 Å². The maximum absolute atomic E-state index is 10.3. The maximum atomic E-state index is 10.3. The van der Waals surface area contributed by atoms with Gasteiger partial charge in [0.25, 0.3) is 0 Å². The molecule has 3 nitrogen and oxygen atoms in total. The summed E-state index contributed by atoms with van der Waals surface area (Å²) in [6, 6.07) is 20.9. The first-order valence-electron chi connectivity index (χ1n) is 8.88. The van der Waals surface area contributed by atoms with Gasteiger partial charge in [0.15, 0.2) is 0 Å². The molecule has 0 saturated heterocycles. The predicted molar refractivity (Wildman–Crippen MR) is 96.4 cm³/mol. The van der Waals surface area contributed by atoms with Gasteiger partial charge >= 0.3 is 0 Å². The molecule has 0 amide bonds. The van der Waals surface area contributed by atoms with Crippen LogP contribution in [0, 0.1) is 5.92 Å². The van der Waals surface area contributed by atoms with Crippen molar-refractivity contribution in [3.8, 4) is 0 Å². The predicted octanol–water partition coefficient (Wildman–Crippen LogP) is 3.21. The molecular formula is C21H27NO2. The van der Waals surface area contributed by atoms with Crippen LogP contribution in [0.2, 0.25) is 0 Å². The first-order valence-corrected chi connectivity index (χ1v) is 8.88. The van der Waals surface area contributed by atoms with Crippen LogP contribution in [0.3, 0.4) is 0 Å². The Morgan fingerprint density at radius 1 is 0.792 bits per heavy atom. The Labute approximate surface area is 144 Å². The van der Waals surface area contributed by atoms with Gasteiger partial charge in [0, 0.05) is 25.6 Å². The average Bonchev–Trinajstić information content (AvgIpc) is 2.61. The number of hydrogen-bond donors (Lipinski definition) is 2. The second-order valence-corrected chi connectivity index (χ2v) is 6.89. The minimum atomic E-state index is -0.604. The molecule has 3 rings (SSSR count). The maximum Gasteiger partial charge on any atom is 0.0839 e. The molecule has 0 bridgehead atoms. The number of hydrogen-bond acceptors (Lipinski definition) is 3. The van der Waals surface area contributed by atoms with E-state index in [1.807, 2.05) is 12.1 Å². The Bertz CT molecular complexity index is 560. The molecule has 2 aromatic carbocycles. The lowest BCUT2D eigenvalue weighted by atomic mass is 9.84. The highest BCUT2D eigenvalue weighted by atomic mass is 16.3. The summed E-state index contributed by atoms with van der Waals surface area (Å²) in [7, 11) is 0. The van der Waals surface area contributed by atoms with Gasteiger partial charge in [-0.2, -0.15) is 0 Å². The number of nitrogens with zero attached hydrogens (tertiary/aromatic N) is 1. The fraction of sp³-hybridized carbons (Fsp3) is 0.429. The average molecular weight is 325 g/mol. The monoisotopic (exact) mass is 325 g/mol. The Kier molecular flexibility index (Phi) is 6.02. The minimum absolute atomic E-state index is 0.140. The van der Waals surface area contributed by atoms with Crippen molar-refractivity contribution in [2.24, 2.45) is 5.92 Å². The third-order valence-electron chi connectivity index (χ3n) is 4.94. The van der Waals surface area contributed by atoms with Crippen molar-refractivity contribution >= 4 is 0 Å². The molecule has 1 aliphatic carbocycles. The summed E-state index contributed by atoms with van der Waals surface area (Å²) in [5, 5.41) is 20.3. The first-order chi connectivity index (χ1) is 11.7. The summed E-state index contributed by atoms with van der Waals surface area (Å²) in [5.41, 5.74) is 2.55. The summed E-state index contributed by atoms with van der Waals surface area (Å²) in [6.07, 6.45) is 1.52. The van der Waals surface area contributed by atoms with Gasteiger partial charge in [-0.15, -0.1) is 0 Å². The lowest BCUT2D eigenvalue weighted by Crippen LogP contribution is -2.43. The lowest BCUT2D eigenvalue weighted by molar-refractivity contribution is -0.0542. The van der Waals surface area contributed by atoms with Crippen LogP contribution in [0.25, 0.3) is 0 Å². The fourth-order valence-electron chi connectivity index (χ4n) is 3.64. The molecule has 3 atom stereocenters. The van der Waals surface area contributed by atoms with Crippen molar-refractivity contribution in [3.05, 3.63) is 71.8 Å². The molecular weight excluding hydrogens is 298 g/mol. The minimum Gasteiger partial charge on any atom is -0.390 e. The van der Waals surface area contributed by atoms with Gasteiger partial charge in [-0.1, -0.05) is 67.1 Å². The van der Waals surface area contributed by atoms with Crippen molar-refractivity contribution in [2.75, 3.05) is 6.54 Å². The zero-order chi connectivity index (χ0) is 16.8. The van der Waals surface area contributed by atoms with Gasteiger partial charge in [0.05, 0.1) is 12.2 Å². The topological polar surface area (TPSA) is 43.7 Å². The number of benzene rings is 2. The van der Waals surface area contributed by atoms with Crippen LogP contribution in [0.1, 0.15) is 30.4 Å². The quantitative estimate of drug-likeness (QED) is 0.857. The Hall–Kier alpha value is -1.68. The van der Waals surface area contributed by atoms with Crippen LogP contribution < -0.4 is 0 Å². The number of aliphatic hydroxyl groups excluding tert-OH is 2. The van der Waals surface area contributed by atoms with Crippen molar-refractivity contribution in [1.82, 2.24) is 4.90 Å². The number of aliphatic hydroxyl groups is 2.